The normalized spacial score (nSPS) is 20.3. The molecule has 1 aliphatic carbocycles. The van der Waals surface area contributed by atoms with E-state index in [0.29, 0.717) is 12.0 Å². The van der Waals surface area contributed by atoms with Gasteiger partial charge >= 0.3 is 0 Å². The molecule has 0 aromatic heterocycles. The van der Waals surface area contributed by atoms with Gasteiger partial charge in [-0.3, -0.25) is 4.90 Å². The smallest absolute Gasteiger partial charge is 0.0690 e. The summed E-state index contributed by atoms with van der Waals surface area (Å²) in [5, 5.41) is 10.1. The van der Waals surface area contributed by atoms with Crippen molar-refractivity contribution in [2.75, 3.05) is 19.6 Å². The molecule has 0 amide bonds. The van der Waals surface area contributed by atoms with E-state index in [0.717, 1.165) is 26.1 Å². The van der Waals surface area contributed by atoms with Crippen LogP contribution in [0.3, 0.4) is 0 Å². The van der Waals surface area contributed by atoms with E-state index in [9.17, 15) is 5.11 Å². The summed E-state index contributed by atoms with van der Waals surface area (Å²) < 4.78 is 0. The Bertz CT molecular complexity index is 201. The zero-order valence-electron chi connectivity index (χ0n) is 12.3. The van der Waals surface area contributed by atoms with Crippen molar-refractivity contribution >= 4 is 0 Å². The molecule has 0 radical (unpaired) electrons. The largest absolute Gasteiger partial charge is 0.392 e. The molecule has 0 aliphatic heterocycles. The van der Waals surface area contributed by atoms with Crippen LogP contribution in [0.4, 0.5) is 0 Å². The van der Waals surface area contributed by atoms with E-state index in [4.69, 9.17) is 5.73 Å². The molecular formula is C15H32N2O. The lowest BCUT2D eigenvalue weighted by molar-refractivity contribution is 0.0527. The monoisotopic (exact) mass is 256 g/mol. The third kappa shape index (κ3) is 5.68. The van der Waals surface area contributed by atoms with Crippen molar-refractivity contribution in [3.8, 4) is 0 Å². The third-order valence-electron chi connectivity index (χ3n) is 4.18. The molecular weight excluding hydrogens is 224 g/mol. The first-order chi connectivity index (χ1) is 8.65. The van der Waals surface area contributed by atoms with Gasteiger partial charge in [0, 0.05) is 12.6 Å². The van der Waals surface area contributed by atoms with E-state index in [-0.39, 0.29) is 6.10 Å². The van der Waals surface area contributed by atoms with Crippen molar-refractivity contribution in [1.82, 2.24) is 4.90 Å². The maximum atomic E-state index is 10.1. The van der Waals surface area contributed by atoms with E-state index >= 15 is 0 Å². The van der Waals surface area contributed by atoms with Gasteiger partial charge in [-0.15, -0.1) is 0 Å². The van der Waals surface area contributed by atoms with Crippen LogP contribution in [0.25, 0.3) is 0 Å². The minimum atomic E-state index is -0.203. The van der Waals surface area contributed by atoms with Gasteiger partial charge in [0.2, 0.25) is 0 Å². The highest BCUT2D eigenvalue weighted by atomic mass is 16.3. The van der Waals surface area contributed by atoms with Crippen LogP contribution in [0.2, 0.25) is 0 Å². The predicted octanol–water partition coefficient (Wildman–Crippen LogP) is 2.38. The Balaban J connectivity index is 2.51. The van der Waals surface area contributed by atoms with Crippen LogP contribution in [0, 0.1) is 5.92 Å². The molecule has 0 aromatic carbocycles. The molecule has 1 atom stereocenters. The average molecular weight is 256 g/mol. The standard InChI is InChI=1S/C15H32N2O/c1-13(2)15(18)12-17(11-7-10-16)14-8-5-3-4-6-9-14/h13-15,18H,3-12,16H2,1-2H3. The maximum Gasteiger partial charge on any atom is 0.0690 e. The van der Waals surface area contributed by atoms with Gasteiger partial charge in [-0.2, -0.15) is 0 Å². The van der Waals surface area contributed by atoms with Gasteiger partial charge in [0.15, 0.2) is 0 Å². The van der Waals surface area contributed by atoms with Gasteiger partial charge in [-0.25, -0.2) is 0 Å². The molecule has 0 saturated heterocycles. The van der Waals surface area contributed by atoms with Crippen molar-refractivity contribution < 1.29 is 5.11 Å². The summed E-state index contributed by atoms with van der Waals surface area (Å²) in [5.41, 5.74) is 5.64. The summed E-state index contributed by atoms with van der Waals surface area (Å²) in [6.07, 6.45) is 8.91. The number of nitrogens with zero attached hydrogens (tertiary/aromatic N) is 1. The lowest BCUT2D eigenvalue weighted by atomic mass is 10.0. The van der Waals surface area contributed by atoms with E-state index in [2.05, 4.69) is 18.7 Å². The van der Waals surface area contributed by atoms with Gasteiger partial charge < -0.3 is 10.8 Å². The van der Waals surface area contributed by atoms with Gasteiger partial charge in [-0.1, -0.05) is 39.5 Å². The molecule has 1 saturated carbocycles. The van der Waals surface area contributed by atoms with Crippen LogP contribution in [-0.4, -0.2) is 41.8 Å². The van der Waals surface area contributed by atoms with Gasteiger partial charge in [0.25, 0.3) is 0 Å². The number of hydrogen-bond acceptors (Lipinski definition) is 3. The van der Waals surface area contributed by atoms with Crippen molar-refractivity contribution in [2.24, 2.45) is 11.7 Å². The summed E-state index contributed by atoms with van der Waals surface area (Å²) in [6, 6.07) is 0.674. The van der Waals surface area contributed by atoms with Gasteiger partial charge in [-0.05, 0) is 38.3 Å². The summed E-state index contributed by atoms with van der Waals surface area (Å²) in [5.74, 6) is 0.344. The Labute approximate surface area is 113 Å². The van der Waals surface area contributed by atoms with E-state index in [1.165, 1.54) is 38.5 Å². The van der Waals surface area contributed by atoms with E-state index in [1.807, 2.05) is 0 Å². The van der Waals surface area contributed by atoms with Gasteiger partial charge in [0.1, 0.15) is 0 Å². The fraction of sp³-hybridized carbons (Fsp3) is 1.00. The van der Waals surface area contributed by atoms with E-state index in [1.54, 1.807) is 0 Å². The van der Waals surface area contributed by atoms with Crippen LogP contribution in [0.15, 0.2) is 0 Å². The molecule has 0 aromatic rings. The zero-order valence-corrected chi connectivity index (χ0v) is 12.3. The second kappa shape index (κ2) is 8.89. The Hall–Kier alpha value is -0.120. The first kappa shape index (κ1) is 15.9. The number of nitrogens with two attached hydrogens (primary N) is 1. The molecule has 3 N–H and O–H groups in total. The fourth-order valence-corrected chi connectivity index (χ4v) is 2.79. The zero-order chi connectivity index (χ0) is 13.4. The van der Waals surface area contributed by atoms with Crippen LogP contribution in [-0.2, 0) is 0 Å². The summed E-state index contributed by atoms with van der Waals surface area (Å²) in [7, 11) is 0. The first-order valence-corrected chi connectivity index (χ1v) is 7.77. The molecule has 0 bridgehead atoms. The third-order valence-corrected chi connectivity index (χ3v) is 4.18. The Kier molecular flexibility index (Phi) is 7.87. The minimum Gasteiger partial charge on any atom is -0.392 e. The number of aliphatic hydroxyl groups excluding tert-OH is 1. The minimum absolute atomic E-state index is 0.203. The SMILES string of the molecule is CC(C)C(O)CN(CCCN)C1CCCCCC1. The van der Waals surface area contributed by atoms with Crippen LogP contribution >= 0.6 is 0 Å². The quantitative estimate of drug-likeness (QED) is 0.688. The summed E-state index contributed by atoms with van der Waals surface area (Å²) >= 11 is 0. The molecule has 108 valence electrons. The highest BCUT2D eigenvalue weighted by Crippen LogP contribution is 2.22. The van der Waals surface area contributed by atoms with Crippen molar-refractivity contribution in [3.05, 3.63) is 0 Å². The molecule has 1 aliphatic rings. The molecule has 1 rings (SSSR count). The molecule has 18 heavy (non-hydrogen) atoms. The fourth-order valence-electron chi connectivity index (χ4n) is 2.79. The molecule has 3 heteroatoms. The van der Waals surface area contributed by atoms with E-state index < -0.39 is 0 Å². The first-order valence-electron chi connectivity index (χ1n) is 7.77. The van der Waals surface area contributed by atoms with Crippen LogP contribution < -0.4 is 5.73 Å². The average Bonchev–Trinajstić information content (AvgIpc) is 2.62. The predicted molar refractivity (Wildman–Crippen MR) is 77.6 cm³/mol. The van der Waals surface area contributed by atoms with Crippen LogP contribution in [0.5, 0.6) is 0 Å². The topological polar surface area (TPSA) is 49.5 Å². The second-order valence-electron chi connectivity index (χ2n) is 6.09. The molecule has 1 fully saturated rings. The Morgan fingerprint density at radius 3 is 2.28 bits per heavy atom. The molecule has 0 heterocycles. The highest BCUT2D eigenvalue weighted by molar-refractivity contribution is 4.78. The number of rotatable bonds is 7. The lowest BCUT2D eigenvalue weighted by Gasteiger charge is -2.33. The van der Waals surface area contributed by atoms with Crippen molar-refractivity contribution in [2.45, 2.75) is 70.9 Å². The molecule has 0 spiro atoms. The number of hydrogen-bond donors (Lipinski definition) is 2. The Morgan fingerprint density at radius 1 is 1.17 bits per heavy atom. The maximum absolute atomic E-state index is 10.1. The van der Waals surface area contributed by atoms with Crippen molar-refractivity contribution in [1.29, 1.82) is 0 Å². The lowest BCUT2D eigenvalue weighted by Crippen LogP contribution is -2.43. The second-order valence-corrected chi connectivity index (χ2v) is 6.09. The van der Waals surface area contributed by atoms with Gasteiger partial charge in [0.05, 0.1) is 6.10 Å². The highest BCUT2D eigenvalue weighted by Gasteiger charge is 2.22. The summed E-state index contributed by atoms with van der Waals surface area (Å²) in [4.78, 5) is 2.50. The van der Waals surface area contributed by atoms with Crippen LogP contribution in [0.1, 0.15) is 58.8 Å². The summed E-state index contributed by atoms with van der Waals surface area (Å²) in [6.45, 7) is 6.81. The Morgan fingerprint density at radius 2 is 1.78 bits per heavy atom. The van der Waals surface area contributed by atoms with Crippen molar-refractivity contribution in [3.63, 3.8) is 0 Å². The number of aliphatic hydroxyl groups is 1. The molecule has 3 nitrogen and oxygen atoms in total. The molecule has 1 unspecified atom stereocenters.